The van der Waals surface area contributed by atoms with Gasteiger partial charge in [-0.3, -0.25) is 4.99 Å². The lowest BCUT2D eigenvalue weighted by atomic mass is 10.0. The summed E-state index contributed by atoms with van der Waals surface area (Å²) in [5, 5.41) is 0. The highest BCUT2D eigenvalue weighted by molar-refractivity contribution is 6.04. The van der Waals surface area contributed by atoms with Crippen molar-refractivity contribution in [2.75, 3.05) is 40.4 Å². The molecule has 0 aliphatic carbocycles. The molecule has 9 heteroatoms. The Labute approximate surface area is 223 Å². The summed E-state index contributed by atoms with van der Waals surface area (Å²) in [5.41, 5.74) is 6.23. The van der Waals surface area contributed by atoms with Crippen LogP contribution in [0.1, 0.15) is 43.3 Å². The Bertz CT molecular complexity index is 1290. The van der Waals surface area contributed by atoms with E-state index >= 15 is 0 Å². The molecule has 0 radical (unpaired) electrons. The topological polar surface area (TPSA) is 42.2 Å². The van der Waals surface area contributed by atoms with Crippen LogP contribution >= 0.6 is 0 Å². The molecule has 1 saturated heterocycles. The Balaban J connectivity index is 2.05. The Kier molecular flexibility index (Phi) is 8.69. The summed E-state index contributed by atoms with van der Waals surface area (Å²) >= 11 is 0. The van der Waals surface area contributed by atoms with Crippen molar-refractivity contribution in [1.82, 2.24) is 14.4 Å². The number of aromatic nitrogens is 1. The molecule has 0 saturated carbocycles. The second kappa shape index (κ2) is 11.4. The summed E-state index contributed by atoms with van der Waals surface area (Å²) in [6.07, 6.45) is -3.24. The van der Waals surface area contributed by atoms with E-state index in [1.165, 1.54) is 0 Å². The minimum absolute atomic E-state index is 0.359. The quantitative estimate of drug-likeness (QED) is 0.365. The Hall–Kier alpha value is -3.62. The van der Waals surface area contributed by atoms with Gasteiger partial charge in [0, 0.05) is 77.6 Å². The monoisotopic (exact) mass is 530 g/mol. The number of nitrogens with zero attached hydrogens (tertiary/aromatic N) is 4. The van der Waals surface area contributed by atoms with E-state index < -0.39 is 11.7 Å². The van der Waals surface area contributed by atoms with E-state index in [-0.39, 0.29) is 0 Å². The van der Waals surface area contributed by atoms with E-state index in [0.29, 0.717) is 37.7 Å². The third-order valence-corrected chi connectivity index (χ3v) is 6.90. The zero-order valence-electron chi connectivity index (χ0n) is 23.3. The number of hydrogen-bond donors (Lipinski definition) is 0. The van der Waals surface area contributed by atoms with Crippen LogP contribution in [0.25, 0.3) is 11.4 Å². The van der Waals surface area contributed by atoms with Crippen LogP contribution in [0.3, 0.4) is 0 Å². The van der Waals surface area contributed by atoms with Crippen LogP contribution in [-0.2, 0) is 0 Å². The first kappa shape index (κ1) is 28.9. The van der Waals surface area contributed by atoms with Gasteiger partial charge < -0.3 is 23.8 Å². The molecule has 1 aliphatic heterocycles. The van der Waals surface area contributed by atoms with Gasteiger partial charge in [0.15, 0.2) is 0 Å². The van der Waals surface area contributed by atoms with Gasteiger partial charge in [-0.05, 0) is 46.8 Å². The molecule has 2 aromatic rings. The largest absolute Gasteiger partial charge is 0.494 e. The number of hydrogen-bond acceptors (Lipinski definition) is 5. The van der Waals surface area contributed by atoms with Crippen LogP contribution < -0.4 is 9.47 Å². The molecule has 2 heterocycles. The van der Waals surface area contributed by atoms with E-state index in [9.17, 15) is 13.2 Å². The molecule has 0 amide bonds. The maximum absolute atomic E-state index is 13.1. The van der Waals surface area contributed by atoms with Gasteiger partial charge in [-0.2, -0.15) is 13.2 Å². The number of rotatable bonds is 8. The first-order valence-electron chi connectivity index (χ1n) is 12.5. The van der Waals surface area contributed by atoms with Crippen molar-refractivity contribution in [3.8, 4) is 17.2 Å². The lowest BCUT2D eigenvalue weighted by molar-refractivity contribution is -0.0923. The van der Waals surface area contributed by atoms with Gasteiger partial charge in [0.25, 0.3) is 0 Å². The average Bonchev–Trinajstić information content (AvgIpc) is 3.13. The fourth-order valence-electron chi connectivity index (χ4n) is 4.83. The summed E-state index contributed by atoms with van der Waals surface area (Å²) in [4.78, 5) is 8.10. The molecule has 1 aliphatic rings. The fourth-order valence-corrected chi connectivity index (χ4v) is 4.83. The highest BCUT2D eigenvalue weighted by Gasteiger charge is 2.32. The van der Waals surface area contributed by atoms with Crippen LogP contribution in [-0.4, -0.2) is 66.7 Å². The number of ether oxygens (including phenoxy) is 2. The fraction of sp³-hybridized carbons (Fsp3) is 0.414. The highest BCUT2D eigenvalue weighted by atomic mass is 19.4. The average molecular weight is 531 g/mol. The maximum Gasteiger partial charge on any atom is 0.413 e. The molecule has 38 heavy (non-hydrogen) atoms. The van der Waals surface area contributed by atoms with Gasteiger partial charge in [0.2, 0.25) is 0 Å². The summed E-state index contributed by atoms with van der Waals surface area (Å²) in [6.45, 7) is 19.3. The first-order valence-corrected chi connectivity index (χ1v) is 12.5. The number of benzene rings is 1. The van der Waals surface area contributed by atoms with Gasteiger partial charge >= 0.3 is 6.18 Å². The van der Waals surface area contributed by atoms with Crippen LogP contribution in [0.4, 0.5) is 13.2 Å². The molecule has 1 aromatic carbocycles. The lowest BCUT2D eigenvalue weighted by Crippen LogP contribution is -2.41. The van der Waals surface area contributed by atoms with Crippen LogP contribution in [0.2, 0.25) is 0 Å². The van der Waals surface area contributed by atoms with E-state index in [2.05, 4.69) is 27.6 Å². The Morgan fingerprint density at radius 3 is 2.34 bits per heavy atom. The second-order valence-electron chi connectivity index (χ2n) is 9.27. The molecule has 206 valence electrons. The lowest BCUT2D eigenvalue weighted by Gasteiger charge is -2.38. The molecular formula is C29H37F3N4O2. The Morgan fingerprint density at radius 2 is 1.79 bits per heavy atom. The summed E-state index contributed by atoms with van der Waals surface area (Å²) in [6, 6.07) is 5.75. The highest BCUT2D eigenvalue weighted by Crippen LogP contribution is 2.38. The summed E-state index contributed by atoms with van der Waals surface area (Å²) in [5.74, 6) is 1.39. The molecule has 6 nitrogen and oxygen atoms in total. The predicted molar refractivity (Wildman–Crippen MR) is 147 cm³/mol. The van der Waals surface area contributed by atoms with E-state index in [0.717, 1.165) is 58.5 Å². The molecule has 3 rings (SSSR count). The first-order chi connectivity index (χ1) is 17.8. The summed E-state index contributed by atoms with van der Waals surface area (Å²) in [7, 11) is 3.38. The van der Waals surface area contributed by atoms with Crippen molar-refractivity contribution >= 4 is 11.4 Å². The van der Waals surface area contributed by atoms with Crippen LogP contribution in [0.15, 0.2) is 53.8 Å². The van der Waals surface area contributed by atoms with Crippen molar-refractivity contribution in [3.05, 3.63) is 71.3 Å². The number of piperazine rings is 1. The van der Waals surface area contributed by atoms with Crippen molar-refractivity contribution in [2.24, 2.45) is 4.99 Å². The molecule has 0 spiro atoms. The number of aliphatic imine (C=N–C) groups is 1. The summed E-state index contributed by atoms with van der Waals surface area (Å²) < 4.78 is 52.7. The number of methoxy groups -OCH3 is 1. The van der Waals surface area contributed by atoms with Gasteiger partial charge in [-0.25, -0.2) is 0 Å². The second-order valence-corrected chi connectivity index (χ2v) is 9.27. The third kappa shape index (κ3) is 5.61. The molecule has 0 unspecified atom stereocenters. The van der Waals surface area contributed by atoms with Gasteiger partial charge in [0.05, 0.1) is 25.9 Å². The molecule has 0 N–H and O–H groups in total. The SMILES string of the molecule is C=C1CN(C(=C)c2c(C(C)=NC)c(C)n(-c3ccc(OCC)cc3OC)c2C)CCN1/C=C(\C)C(F)(F)F. The Morgan fingerprint density at radius 1 is 1.13 bits per heavy atom. The van der Waals surface area contributed by atoms with E-state index in [1.807, 2.05) is 45.9 Å². The van der Waals surface area contributed by atoms with Gasteiger partial charge in [-0.1, -0.05) is 13.2 Å². The number of halogens is 3. The third-order valence-electron chi connectivity index (χ3n) is 6.90. The molecule has 0 bridgehead atoms. The predicted octanol–water partition coefficient (Wildman–Crippen LogP) is 6.51. The zero-order valence-corrected chi connectivity index (χ0v) is 23.3. The molecule has 0 atom stereocenters. The molecule has 1 fully saturated rings. The van der Waals surface area contributed by atoms with Crippen LogP contribution in [0, 0.1) is 13.8 Å². The molecular weight excluding hydrogens is 493 g/mol. The smallest absolute Gasteiger partial charge is 0.413 e. The van der Waals surface area contributed by atoms with Gasteiger partial charge in [0.1, 0.15) is 11.5 Å². The minimum Gasteiger partial charge on any atom is -0.494 e. The van der Waals surface area contributed by atoms with Crippen molar-refractivity contribution in [2.45, 2.75) is 40.8 Å². The maximum atomic E-state index is 13.1. The van der Waals surface area contributed by atoms with Crippen molar-refractivity contribution in [3.63, 3.8) is 0 Å². The van der Waals surface area contributed by atoms with E-state index in [4.69, 9.17) is 9.47 Å². The standard InChI is InChI=1S/C29H37F3N4O2/c1-10-38-24-11-12-25(26(15-24)37-9)36-22(6)27(20(4)33-8)28(23(36)7)21(5)35-14-13-34(19(3)17-35)16-18(2)29(30,31)32/h11-12,15-16H,3,5,10,13-14,17H2,1-2,4,6-9H3/b18-16+,33-20?. The van der Waals surface area contributed by atoms with Crippen molar-refractivity contribution in [1.29, 1.82) is 0 Å². The zero-order chi connectivity index (χ0) is 28.4. The van der Waals surface area contributed by atoms with Crippen LogP contribution in [0.5, 0.6) is 11.5 Å². The molecule has 1 aromatic heterocycles. The normalized spacial score (nSPS) is 15.3. The number of alkyl halides is 3. The number of allylic oxidation sites excluding steroid dienone is 1. The minimum atomic E-state index is -4.37. The van der Waals surface area contributed by atoms with E-state index in [1.54, 1.807) is 19.1 Å². The van der Waals surface area contributed by atoms with Gasteiger partial charge in [-0.15, -0.1) is 0 Å². The van der Waals surface area contributed by atoms with Crippen molar-refractivity contribution < 1.29 is 22.6 Å².